The van der Waals surface area contributed by atoms with Crippen molar-refractivity contribution in [3.63, 3.8) is 0 Å². The molecule has 0 unspecified atom stereocenters. The Bertz CT molecular complexity index is 385. The summed E-state index contributed by atoms with van der Waals surface area (Å²) in [7, 11) is 0. The summed E-state index contributed by atoms with van der Waals surface area (Å²) in [6.45, 7) is 5.78. The SMILES string of the molecule is CC(C)(C)OCC(=O)Nc1cccc(CCl)c1. The van der Waals surface area contributed by atoms with E-state index in [4.69, 9.17) is 16.3 Å². The smallest absolute Gasteiger partial charge is 0.250 e. The van der Waals surface area contributed by atoms with Crippen molar-refractivity contribution in [3.05, 3.63) is 29.8 Å². The molecule has 17 heavy (non-hydrogen) atoms. The molecule has 0 spiro atoms. The van der Waals surface area contributed by atoms with Gasteiger partial charge in [-0.3, -0.25) is 4.79 Å². The highest BCUT2D eigenvalue weighted by molar-refractivity contribution is 6.17. The molecule has 94 valence electrons. The zero-order valence-electron chi connectivity index (χ0n) is 10.4. The molecule has 0 heterocycles. The van der Waals surface area contributed by atoms with Gasteiger partial charge in [-0.05, 0) is 38.5 Å². The van der Waals surface area contributed by atoms with E-state index in [1.54, 1.807) is 0 Å². The van der Waals surface area contributed by atoms with E-state index in [0.717, 1.165) is 11.3 Å². The summed E-state index contributed by atoms with van der Waals surface area (Å²) in [5, 5.41) is 2.77. The maximum absolute atomic E-state index is 11.6. The van der Waals surface area contributed by atoms with E-state index in [2.05, 4.69) is 5.32 Å². The van der Waals surface area contributed by atoms with Gasteiger partial charge < -0.3 is 10.1 Å². The second kappa shape index (κ2) is 6.03. The minimum atomic E-state index is -0.310. The molecule has 1 N–H and O–H groups in total. The Morgan fingerprint density at radius 1 is 1.41 bits per heavy atom. The number of hydrogen-bond acceptors (Lipinski definition) is 2. The van der Waals surface area contributed by atoms with Crippen molar-refractivity contribution >= 4 is 23.2 Å². The summed E-state index contributed by atoms with van der Waals surface area (Å²) < 4.78 is 5.38. The van der Waals surface area contributed by atoms with E-state index in [9.17, 15) is 4.79 Å². The van der Waals surface area contributed by atoms with Crippen molar-refractivity contribution < 1.29 is 9.53 Å². The van der Waals surface area contributed by atoms with Crippen LogP contribution in [-0.4, -0.2) is 18.1 Å². The molecule has 0 saturated heterocycles. The number of carbonyl (C=O) groups is 1. The van der Waals surface area contributed by atoms with Gasteiger partial charge in [0.1, 0.15) is 6.61 Å². The summed E-state index contributed by atoms with van der Waals surface area (Å²) in [5.74, 6) is 0.272. The lowest BCUT2D eigenvalue weighted by molar-refractivity contribution is -0.125. The summed E-state index contributed by atoms with van der Waals surface area (Å²) in [5.41, 5.74) is 1.40. The van der Waals surface area contributed by atoms with Crippen LogP contribution in [0.1, 0.15) is 26.3 Å². The van der Waals surface area contributed by atoms with Crippen LogP contribution < -0.4 is 5.32 Å². The first-order valence-electron chi connectivity index (χ1n) is 5.49. The highest BCUT2D eigenvalue weighted by atomic mass is 35.5. The van der Waals surface area contributed by atoms with Crippen LogP contribution in [0.4, 0.5) is 5.69 Å². The maximum Gasteiger partial charge on any atom is 0.250 e. The number of nitrogens with one attached hydrogen (secondary N) is 1. The molecule has 4 heteroatoms. The minimum Gasteiger partial charge on any atom is -0.366 e. The highest BCUT2D eigenvalue weighted by Gasteiger charge is 2.12. The average Bonchev–Trinajstić information content (AvgIpc) is 2.26. The predicted octanol–water partition coefficient (Wildman–Crippen LogP) is 3.18. The van der Waals surface area contributed by atoms with Crippen LogP contribution in [0.25, 0.3) is 0 Å². The number of hydrogen-bond donors (Lipinski definition) is 1. The van der Waals surface area contributed by atoms with Crippen LogP contribution in [0.2, 0.25) is 0 Å². The molecule has 3 nitrogen and oxygen atoms in total. The van der Waals surface area contributed by atoms with Crippen LogP contribution in [-0.2, 0) is 15.4 Å². The predicted molar refractivity (Wildman–Crippen MR) is 70.3 cm³/mol. The Balaban J connectivity index is 2.50. The molecule has 0 saturated carbocycles. The third-order valence-electron chi connectivity index (χ3n) is 2.00. The molecular formula is C13H18ClNO2. The number of amides is 1. The van der Waals surface area contributed by atoms with Crippen LogP contribution in [0.15, 0.2) is 24.3 Å². The molecule has 0 bridgehead atoms. The lowest BCUT2D eigenvalue weighted by Gasteiger charge is -2.19. The van der Waals surface area contributed by atoms with Crippen LogP contribution in [0, 0.1) is 0 Å². The molecule has 1 amide bonds. The first-order valence-corrected chi connectivity index (χ1v) is 6.03. The van der Waals surface area contributed by atoms with Gasteiger partial charge in [0.05, 0.1) is 5.60 Å². The Labute approximate surface area is 107 Å². The molecule has 1 aromatic rings. The van der Waals surface area contributed by atoms with Gasteiger partial charge in [-0.2, -0.15) is 0 Å². The second-order valence-corrected chi connectivity index (χ2v) is 5.05. The molecule has 0 aromatic heterocycles. The number of alkyl halides is 1. The van der Waals surface area contributed by atoms with E-state index in [1.807, 2.05) is 45.0 Å². The topological polar surface area (TPSA) is 38.3 Å². The minimum absolute atomic E-state index is 0.0502. The van der Waals surface area contributed by atoms with Gasteiger partial charge in [0.2, 0.25) is 5.91 Å². The van der Waals surface area contributed by atoms with Crippen molar-refractivity contribution in [2.24, 2.45) is 0 Å². The van der Waals surface area contributed by atoms with Gasteiger partial charge in [-0.1, -0.05) is 12.1 Å². The fraction of sp³-hybridized carbons (Fsp3) is 0.462. The van der Waals surface area contributed by atoms with Crippen molar-refractivity contribution in [1.29, 1.82) is 0 Å². The van der Waals surface area contributed by atoms with Gasteiger partial charge in [0.25, 0.3) is 0 Å². The number of rotatable bonds is 4. The quantitative estimate of drug-likeness (QED) is 0.840. The fourth-order valence-corrected chi connectivity index (χ4v) is 1.38. The van der Waals surface area contributed by atoms with Crippen LogP contribution in [0.5, 0.6) is 0 Å². The van der Waals surface area contributed by atoms with Crippen molar-refractivity contribution in [2.75, 3.05) is 11.9 Å². The van der Waals surface area contributed by atoms with Crippen LogP contribution in [0.3, 0.4) is 0 Å². The zero-order valence-corrected chi connectivity index (χ0v) is 11.2. The third kappa shape index (κ3) is 5.71. The van der Waals surface area contributed by atoms with Crippen molar-refractivity contribution in [1.82, 2.24) is 0 Å². The molecule has 0 aliphatic carbocycles. The largest absolute Gasteiger partial charge is 0.366 e. The summed E-state index contributed by atoms with van der Waals surface area (Å²) >= 11 is 5.72. The highest BCUT2D eigenvalue weighted by Crippen LogP contribution is 2.13. The Kier molecular flexibility index (Phi) is 4.97. The maximum atomic E-state index is 11.6. The third-order valence-corrected chi connectivity index (χ3v) is 2.31. The van der Waals surface area contributed by atoms with E-state index < -0.39 is 0 Å². The first kappa shape index (κ1) is 14.0. The lowest BCUT2D eigenvalue weighted by Crippen LogP contribution is -2.27. The van der Waals surface area contributed by atoms with Gasteiger partial charge in [-0.15, -0.1) is 11.6 Å². The van der Waals surface area contributed by atoms with Crippen LogP contribution >= 0.6 is 11.6 Å². The Hall–Kier alpha value is -1.06. The second-order valence-electron chi connectivity index (χ2n) is 4.78. The fourth-order valence-electron chi connectivity index (χ4n) is 1.21. The molecule has 0 aliphatic rings. The number of ether oxygens (including phenoxy) is 1. The molecule has 0 atom stereocenters. The lowest BCUT2D eigenvalue weighted by atomic mass is 10.2. The number of halogens is 1. The monoisotopic (exact) mass is 255 g/mol. The molecule has 1 aromatic carbocycles. The molecular weight excluding hydrogens is 238 g/mol. The van der Waals surface area contributed by atoms with Gasteiger partial charge in [-0.25, -0.2) is 0 Å². The average molecular weight is 256 g/mol. The summed E-state index contributed by atoms with van der Waals surface area (Å²) in [6, 6.07) is 7.44. The summed E-state index contributed by atoms with van der Waals surface area (Å²) in [4.78, 5) is 11.6. The van der Waals surface area contributed by atoms with E-state index in [0.29, 0.717) is 5.88 Å². The first-order chi connectivity index (χ1) is 7.90. The zero-order chi connectivity index (χ0) is 12.9. The molecule has 0 aliphatic heterocycles. The van der Waals surface area contributed by atoms with Gasteiger partial charge in [0.15, 0.2) is 0 Å². The van der Waals surface area contributed by atoms with E-state index in [1.165, 1.54) is 0 Å². The molecule has 1 rings (SSSR count). The number of anilines is 1. The van der Waals surface area contributed by atoms with Crippen molar-refractivity contribution in [2.45, 2.75) is 32.3 Å². The summed E-state index contributed by atoms with van der Waals surface area (Å²) in [6.07, 6.45) is 0. The number of carbonyl (C=O) groups excluding carboxylic acids is 1. The normalized spacial score (nSPS) is 11.3. The Morgan fingerprint density at radius 2 is 2.12 bits per heavy atom. The van der Waals surface area contributed by atoms with Gasteiger partial charge >= 0.3 is 0 Å². The number of benzene rings is 1. The van der Waals surface area contributed by atoms with Crippen molar-refractivity contribution in [3.8, 4) is 0 Å². The molecule has 0 radical (unpaired) electrons. The van der Waals surface area contributed by atoms with Gasteiger partial charge in [0, 0.05) is 11.6 Å². The van der Waals surface area contributed by atoms with E-state index >= 15 is 0 Å². The van der Waals surface area contributed by atoms with E-state index in [-0.39, 0.29) is 18.1 Å². The Morgan fingerprint density at radius 3 is 2.71 bits per heavy atom. The standard InChI is InChI=1S/C13H18ClNO2/c1-13(2,3)17-9-12(16)15-11-6-4-5-10(7-11)8-14/h4-7H,8-9H2,1-3H3,(H,15,16). The molecule has 0 fully saturated rings.